The molecular weight excluding hydrogens is 448 g/mol. The van der Waals surface area contributed by atoms with Crippen LogP contribution in [0.15, 0.2) is 29.2 Å². The van der Waals surface area contributed by atoms with Gasteiger partial charge >= 0.3 is 5.97 Å². The van der Waals surface area contributed by atoms with Crippen molar-refractivity contribution in [3.05, 3.63) is 29.8 Å². The molecule has 0 aromatic heterocycles. The summed E-state index contributed by atoms with van der Waals surface area (Å²) < 4.78 is 60.4. The number of sulfonamides is 1. The second-order valence-electron chi connectivity index (χ2n) is 7.36. The second kappa shape index (κ2) is 9.63. The first-order valence-electron chi connectivity index (χ1n) is 9.99. The van der Waals surface area contributed by atoms with Gasteiger partial charge in [-0.15, -0.1) is 0 Å². The minimum Gasteiger partial charge on any atom is -0.452 e. The molecule has 0 bridgehead atoms. The number of carbonyl (C=O) groups is 2. The summed E-state index contributed by atoms with van der Waals surface area (Å²) in [5.41, 5.74) is 0.00799. The maximum absolute atomic E-state index is 12.8. The van der Waals surface area contributed by atoms with Gasteiger partial charge in [-0.3, -0.25) is 4.79 Å². The van der Waals surface area contributed by atoms with Crippen molar-refractivity contribution in [3.8, 4) is 0 Å². The number of likely N-dealkylation sites (N-methyl/N-ethyl adjacent to an activating group) is 1. The highest BCUT2D eigenvalue weighted by Gasteiger charge is 2.34. The van der Waals surface area contributed by atoms with Gasteiger partial charge in [0.2, 0.25) is 10.0 Å². The molecule has 0 spiro atoms. The standard InChI is InChI=1S/C19H26N2O8S2/c1-2-21(16-6-11-30(24,25)14-16)18(22)13-29-19(23)15-4-3-5-17(12-15)31(26,27)20-7-9-28-10-8-20/h3-5,12,16H,2,6-11,13-14H2,1H3/t16-/m1/s1. The molecular formula is C19H26N2O8S2. The number of hydrogen-bond acceptors (Lipinski definition) is 8. The Hall–Kier alpha value is -2.02. The summed E-state index contributed by atoms with van der Waals surface area (Å²) in [6, 6.07) is 5.04. The van der Waals surface area contributed by atoms with E-state index < -0.39 is 44.4 Å². The maximum atomic E-state index is 12.8. The summed E-state index contributed by atoms with van der Waals surface area (Å²) in [5, 5.41) is 0. The lowest BCUT2D eigenvalue weighted by molar-refractivity contribution is -0.136. The van der Waals surface area contributed by atoms with Crippen molar-refractivity contribution in [2.24, 2.45) is 0 Å². The zero-order chi connectivity index (χ0) is 22.6. The first-order valence-corrected chi connectivity index (χ1v) is 13.2. The molecule has 1 amide bonds. The van der Waals surface area contributed by atoms with Gasteiger partial charge in [0, 0.05) is 25.7 Å². The molecule has 10 nitrogen and oxygen atoms in total. The van der Waals surface area contributed by atoms with E-state index in [1.165, 1.54) is 33.5 Å². The van der Waals surface area contributed by atoms with Crippen molar-refractivity contribution in [2.45, 2.75) is 24.3 Å². The van der Waals surface area contributed by atoms with Crippen molar-refractivity contribution in [1.29, 1.82) is 0 Å². The van der Waals surface area contributed by atoms with E-state index in [4.69, 9.17) is 9.47 Å². The molecule has 2 heterocycles. The van der Waals surface area contributed by atoms with Gasteiger partial charge in [-0.25, -0.2) is 21.6 Å². The minimum atomic E-state index is -3.78. The Morgan fingerprint density at radius 1 is 1.26 bits per heavy atom. The third kappa shape index (κ3) is 5.62. The predicted molar refractivity (Wildman–Crippen MR) is 111 cm³/mol. The van der Waals surface area contributed by atoms with E-state index in [1.807, 2.05) is 0 Å². The fraction of sp³-hybridized carbons (Fsp3) is 0.579. The maximum Gasteiger partial charge on any atom is 0.338 e. The molecule has 1 atom stereocenters. The molecule has 0 N–H and O–H groups in total. The van der Waals surface area contributed by atoms with Crippen LogP contribution in [0.5, 0.6) is 0 Å². The Morgan fingerprint density at radius 2 is 1.97 bits per heavy atom. The van der Waals surface area contributed by atoms with Gasteiger partial charge in [0.25, 0.3) is 5.91 Å². The number of esters is 1. The van der Waals surface area contributed by atoms with Crippen molar-refractivity contribution in [3.63, 3.8) is 0 Å². The van der Waals surface area contributed by atoms with E-state index in [0.717, 1.165) is 0 Å². The summed E-state index contributed by atoms with van der Waals surface area (Å²) in [6.45, 7) is 2.54. The molecule has 1 aromatic carbocycles. The van der Waals surface area contributed by atoms with Crippen molar-refractivity contribution in [1.82, 2.24) is 9.21 Å². The third-order valence-electron chi connectivity index (χ3n) is 5.31. The smallest absolute Gasteiger partial charge is 0.338 e. The van der Waals surface area contributed by atoms with Gasteiger partial charge in [-0.05, 0) is 31.5 Å². The Balaban J connectivity index is 1.64. The van der Waals surface area contributed by atoms with Crippen LogP contribution in [0, 0.1) is 0 Å². The summed E-state index contributed by atoms with van der Waals surface area (Å²) in [4.78, 5) is 26.3. The Kier molecular flexibility index (Phi) is 7.35. The molecule has 0 radical (unpaired) electrons. The number of carbonyl (C=O) groups excluding carboxylic acids is 2. The molecule has 2 fully saturated rings. The largest absolute Gasteiger partial charge is 0.452 e. The van der Waals surface area contributed by atoms with E-state index in [0.29, 0.717) is 26.2 Å². The van der Waals surface area contributed by atoms with Crippen molar-refractivity contribution in [2.75, 3.05) is 51.0 Å². The van der Waals surface area contributed by atoms with Gasteiger partial charge in [0.15, 0.2) is 16.4 Å². The number of sulfone groups is 1. The highest BCUT2D eigenvalue weighted by atomic mass is 32.2. The zero-order valence-corrected chi connectivity index (χ0v) is 18.9. The lowest BCUT2D eigenvalue weighted by Crippen LogP contribution is -2.43. The molecule has 1 aromatic rings. The molecule has 3 rings (SSSR count). The van der Waals surface area contributed by atoms with Crippen LogP contribution in [0.4, 0.5) is 0 Å². The average molecular weight is 475 g/mol. The van der Waals surface area contributed by atoms with Gasteiger partial charge in [-0.1, -0.05) is 6.07 Å². The van der Waals surface area contributed by atoms with E-state index in [9.17, 15) is 26.4 Å². The van der Waals surface area contributed by atoms with E-state index in [2.05, 4.69) is 0 Å². The number of hydrogen-bond donors (Lipinski definition) is 0. The SMILES string of the molecule is CCN(C(=O)COC(=O)c1cccc(S(=O)(=O)N2CCOCC2)c1)[C@@H]1CCS(=O)(=O)C1. The fourth-order valence-electron chi connectivity index (χ4n) is 3.67. The second-order valence-corrected chi connectivity index (χ2v) is 11.5. The van der Waals surface area contributed by atoms with Gasteiger partial charge in [0.05, 0.1) is 35.2 Å². The molecule has 0 unspecified atom stereocenters. The Labute approximate surface area is 182 Å². The zero-order valence-electron chi connectivity index (χ0n) is 17.2. The highest BCUT2D eigenvalue weighted by Crippen LogP contribution is 2.20. The average Bonchev–Trinajstić information content (AvgIpc) is 3.12. The van der Waals surface area contributed by atoms with Crippen LogP contribution < -0.4 is 0 Å². The quantitative estimate of drug-likeness (QED) is 0.501. The molecule has 0 saturated carbocycles. The fourth-order valence-corrected chi connectivity index (χ4v) is 6.86. The van der Waals surface area contributed by atoms with Gasteiger partial charge in [0.1, 0.15) is 0 Å². The predicted octanol–water partition coefficient (Wildman–Crippen LogP) is -0.100. The van der Waals surface area contributed by atoms with Crippen molar-refractivity contribution >= 4 is 31.7 Å². The molecule has 12 heteroatoms. The van der Waals surface area contributed by atoms with Crippen LogP contribution in [0.1, 0.15) is 23.7 Å². The van der Waals surface area contributed by atoms with E-state index in [-0.39, 0.29) is 35.1 Å². The molecule has 0 aliphatic carbocycles. The molecule has 31 heavy (non-hydrogen) atoms. The number of amides is 1. The van der Waals surface area contributed by atoms with Gasteiger partial charge in [-0.2, -0.15) is 4.31 Å². The highest BCUT2D eigenvalue weighted by molar-refractivity contribution is 7.91. The number of ether oxygens (including phenoxy) is 2. The monoisotopic (exact) mass is 474 g/mol. The Morgan fingerprint density at radius 3 is 2.58 bits per heavy atom. The summed E-state index contributed by atoms with van der Waals surface area (Å²) in [6.07, 6.45) is 0.358. The third-order valence-corrected chi connectivity index (χ3v) is 8.96. The lowest BCUT2D eigenvalue weighted by atomic mass is 10.2. The van der Waals surface area contributed by atoms with Crippen LogP contribution in [0.25, 0.3) is 0 Å². The number of benzene rings is 1. The van der Waals surface area contributed by atoms with Crippen molar-refractivity contribution < 1.29 is 35.9 Å². The number of morpholine rings is 1. The molecule has 2 aliphatic rings. The van der Waals surface area contributed by atoms with Crippen LogP contribution in [0.2, 0.25) is 0 Å². The van der Waals surface area contributed by atoms with Crippen LogP contribution >= 0.6 is 0 Å². The van der Waals surface area contributed by atoms with Crippen LogP contribution in [0.3, 0.4) is 0 Å². The van der Waals surface area contributed by atoms with E-state index >= 15 is 0 Å². The number of rotatable bonds is 7. The van der Waals surface area contributed by atoms with Crippen LogP contribution in [-0.4, -0.2) is 94.9 Å². The topological polar surface area (TPSA) is 127 Å². The summed E-state index contributed by atoms with van der Waals surface area (Å²) >= 11 is 0. The molecule has 2 saturated heterocycles. The molecule has 172 valence electrons. The lowest BCUT2D eigenvalue weighted by Gasteiger charge is -2.26. The normalized spacial score (nSPS) is 21.5. The van der Waals surface area contributed by atoms with Crippen LogP contribution in [-0.2, 0) is 34.1 Å². The first kappa shape index (κ1) is 23.6. The van der Waals surface area contributed by atoms with E-state index in [1.54, 1.807) is 6.92 Å². The summed E-state index contributed by atoms with van der Waals surface area (Å²) in [7, 11) is -6.93. The minimum absolute atomic E-state index is 0.00799. The first-order chi connectivity index (χ1) is 14.6. The van der Waals surface area contributed by atoms with Gasteiger partial charge < -0.3 is 14.4 Å². The number of nitrogens with zero attached hydrogens (tertiary/aromatic N) is 2. The Bertz CT molecular complexity index is 1030. The summed E-state index contributed by atoms with van der Waals surface area (Å²) in [5.74, 6) is -1.38. The molecule has 2 aliphatic heterocycles.